The van der Waals surface area contributed by atoms with Crippen LogP contribution >= 0.6 is 0 Å². The highest BCUT2D eigenvalue weighted by molar-refractivity contribution is 5.74. The zero-order chi connectivity index (χ0) is 26.0. The van der Waals surface area contributed by atoms with Gasteiger partial charge in [0, 0.05) is 0 Å². The summed E-state index contributed by atoms with van der Waals surface area (Å²) in [6.07, 6.45) is 29.1. The number of hydrogen-bond acceptors (Lipinski definition) is 3. The van der Waals surface area contributed by atoms with E-state index in [9.17, 15) is 20.1 Å². The van der Waals surface area contributed by atoms with Crippen molar-refractivity contribution in [3.05, 3.63) is 12.2 Å². The summed E-state index contributed by atoms with van der Waals surface area (Å²) in [4.78, 5) is 12.3. The van der Waals surface area contributed by atoms with Crippen LogP contribution in [0.5, 0.6) is 0 Å². The minimum atomic E-state index is -0.947. The quantitative estimate of drug-likeness (QED) is 0.0783. The monoisotopic (exact) mass is 496 g/mol. The molecule has 0 rings (SSSR count). The lowest BCUT2D eigenvalue weighted by molar-refractivity contribution is -0.153. The van der Waals surface area contributed by atoms with Gasteiger partial charge in [-0.25, -0.2) is 0 Å². The maximum atomic E-state index is 12.3. The average molecular weight is 497 g/mol. The van der Waals surface area contributed by atoms with Crippen LogP contribution < -0.4 is 0 Å². The summed E-state index contributed by atoms with van der Waals surface area (Å²) in [7, 11) is 0. The number of carbonyl (C=O) groups is 1. The topological polar surface area (TPSA) is 77.8 Å². The molecule has 0 saturated heterocycles. The number of carboxylic acid groups (broad SMARTS) is 1. The van der Waals surface area contributed by atoms with Gasteiger partial charge in [0.25, 0.3) is 0 Å². The minimum Gasteiger partial charge on any atom is -0.481 e. The van der Waals surface area contributed by atoms with Gasteiger partial charge >= 0.3 is 5.97 Å². The van der Waals surface area contributed by atoms with E-state index in [0.29, 0.717) is 12.8 Å². The molecule has 4 nitrogen and oxygen atoms in total. The molecule has 208 valence electrons. The molecule has 0 aliphatic heterocycles. The summed E-state index contributed by atoms with van der Waals surface area (Å²) in [6.45, 7) is 4.11. The zero-order valence-electron chi connectivity index (χ0n) is 23.5. The lowest BCUT2D eigenvalue weighted by Crippen LogP contribution is -2.36. The van der Waals surface area contributed by atoms with E-state index in [1.54, 1.807) is 0 Å². The predicted octanol–water partition coefficient (Wildman–Crippen LogP) is 8.98. The summed E-state index contributed by atoms with van der Waals surface area (Å²) >= 11 is 0. The van der Waals surface area contributed by atoms with Crippen LogP contribution in [0.1, 0.15) is 162 Å². The first-order valence-electron chi connectivity index (χ1n) is 15.2. The van der Waals surface area contributed by atoms with E-state index in [1.165, 1.54) is 77.0 Å². The van der Waals surface area contributed by atoms with Crippen molar-refractivity contribution >= 4 is 5.97 Å². The lowest BCUT2D eigenvalue weighted by atomic mass is 9.73. The first-order valence-corrected chi connectivity index (χ1v) is 15.2. The number of hydrogen-bond donors (Lipinski definition) is 3. The third-order valence-corrected chi connectivity index (χ3v) is 7.47. The lowest BCUT2D eigenvalue weighted by Gasteiger charge is -2.31. The fraction of sp³-hybridized carbons (Fsp3) is 0.903. The molecule has 0 radical (unpaired) electrons. The summed E-state index contributed by atoms with van der Waals surface area (Å²) in [5, 5.41) is 29.5. The number of aliphatic hydroxyl groups is 2. The Hall–Kier alpha value is -0.870. The van der Waals surface area contributed by atoms with Gasteiger partial charge < -0.3 is 15.3 Å². The highest BCUT2D eigenvalue weighted by atomic mass is 16.4. The van der Waals surface area contributed by atoms with Crippen molar-refractivity contribution in [1.29, 1.82) is 0 Å². The maximum absolute atomic E-state index is 12.3. The van der Waals surface area contributed by atoms with E-state index < -0.39 is 17.5 Å². The molecular formula is C31H60O4. The van der Waals surface area contributed by atoms with Crippen LogP contribution in [0.25, 0.3) is 0 Å². The molecule has 2 atom stereocenters. The van der Waals surface area contributed by atoms with Crippen molar-refractivity contribution in [2.75, 3.05) is 6.61 Å². The third kappa shape index (κ3) is 19.9. The smallest absolute Gasteiger partial charge is 0.309 e. The number of allylic oxidation sites excluding steroid dienone is 2. The molecule has 0 aromatic heterocycles. The summed E-state index contributed by atoms with van der Waals surface area (Å²) in [6, 6.07) is 0. The number of rotatable bonds is 27. The number of unbranched alkanes of at least 4 members (excludes halogenated alkanes) is 17. The molecule has 4 heteroatoms. The number of aliphatic carboxylic acids is 1. The van der Waals surface area contributed by atoms with Crippen LogP contribution in [0.15, 0.2) is 12.2 Å². The second-order valence-corrected chi connectivity index (χ2v) is 10.8. The van der Waals surface area contributed by atoms with Gasteiger partial charge in [0.2, 0.25) is 0 Å². The first-order chi connectivity index (χ1) is 17.0. The molecule has 0 aliphatic rings. The minimum absolute atomic E-state index is 0.163. The van der Waals surface area contributed by atoms with Crippen molar-refractivity contribution < 1.29 is 20.1 Å². The molecule has 0 amide bonds. The molecule has 0 saturated carbocycles. The van der Waals surface area contributed by atoms with Crippen molar-refractivity contribution in [3.8, 4) is 0 Å². The molecule has 0 aliphatic carbocycles. The van der Waals surface area contributed by atoms with Gasteiger partial charge in [-0.2, -0.15) is 0 Å². The molecule has 0 bridgehead atoms. The van der Waals surface area contributed by atoms with Crippen molar-refractivity contribution in [2.24, 2.45) is 5.41 Å². The Morgan fingerprint density at radius 3 is 1.40 bits per heavy atom. The van der Waals surface area contributed by atoms with Gasteiger partial charge in [0.15, 0.2) is 0 Å². The molecule has 3 N–H and O–H groups in total. The van der Waals surface area contributed by atoms with Crippen LogP contribution in [-0.2, 0) is 4.79 Å². The SMILES string of the molecule is CCCCCCCCC=CCCCCCCC(CCCCCCCCCC)(CC(O)CO)C(=O)O. The number of carboxylic acids is 1. The van der Waals surface area contributed by atoms with E-state index in [0.717, 1.165) is 51.4 Å². The standard InChI is InChI=1S/C31H60O4/c1-3-5-7-9-11-13-14-15-16-17-18-20-22-24-26-31(30(34)35,27-29(33)28-32)25-23-21-19-12-10-8-6-4-2/h15-16,29,32-33H,3-14,17-28H2,1-2H3,(H,34,35). The molecule has 0 heterocycles. The Kier molecular flexibility index (Phi) is 24.2. The van der Waals surface area contributed by atoms with E-state index in [1.807, 2.05) is 0 Å². The number of aliphatic hydroxyl groups excluding tert-OH is 2. The van der Waals surface area contributed by atoms with Gasteiger partial charge in [-0.05, 0) is 44.9 Å². The highest BCUT2D eigenvalue weighted by Gasteiger charge is 2.39. The van der Waals surface area contributed by atoms with Gasteiger partial charge in [0.05, 0.1) is 18.1 Å². The largest absolute Gasteiger partial charge is 0.481 e. The van der Waals surface area contributed by atoms with Crippen LogP contribution in [0, 0.1) is 5.41 Å². The zero-order valence-corrected chi connectivity index (χ0v) is 23.5. The molecule has 0 aromatic carbocycles. The first kappa shape index (κ1) is 34.1. The van der Waals surface area contributed by atoms with E-state index in [2.05, 4.69) is 26.0 Å². The van der Waals surface area contributed by atoms with Gasteiger partial charge in [-0.1, -0.05) is 129 Å². The van der Waals surface area contributed by atoms with E-state index >= 15 is 0 Å². The molecular weight excluding hydrogens is 436 g/mol. The van der Waals surface area contributed by atoms with Crippen molar-refractivity contribution in [2.45, 2.75) is 168 Å². The molecule has 0 fully saturated rings. The van der Waals surface area contributed by atoms with Crippen LogP contribution in [0.4, 0.5) is 0 Å². The molecule has 0 spiro atoms. The third-order valence-electron chi connectivity index (χ3n) is 7.47. The van der Waals surface area contributed by atoms with Gasteiger partial charge in [0.1, 0.15) is 0 Å². The van der Waals surface area contributed by atoms with Crippen molar-refractivity contribution in [1.82, 2.24) is 0 Å². The fourth-order valence-corrected chi connectivity index (χ4v) is 5.10. The van der Waals surface area contributed by atoms with E-state index in [-0.39, 0.29) is 13.0 Å². The summed E-state index contributed by atoms with van der Waals surface area (Å²) in [5.74, 6) is -0.800. The van der Waals surface area contributed by atoms with Crippen LogP contribution in [0.3, 0.4) is 0 Å². The Morgan fingerprint density at radius 1 is 0.657 bits per heavy atom. The predicted molar refractivity (Wildman–Crippen MR) is 150 cm³/mol. The maximum Gasteiger partial charge on any atom is 0.309 e. The van der Waals surface area contributed by atoms with Crippen LogP contribution in [0.2, 0.25) is 0 Å². The summed E-state index contributed by atoms with van der Waals surface area (Å²) in [5.41, 5.74) is -0.901. The summed E-state index contributed by atoms with van der Waals surface area (Å²) < 4.78 is 0. The highest BCUT2D eigenvalue weighted by Crippen LogP contribution is 2.37. The second kappa shape index (κ2) is 24.8. The van der Waals surface area contributed by atoms with Gasteiger partial charge in [-0.3, -0.25) is 4.79 Å². The Balaban J connectivity index is 4.19. The Bertz CT molecular complexity index is 490. The second-order valence-electron chi connectivity index (χ2n) is 10.8. The molecule has 35 heavy (non-hydrogen) atoms. The Morgan fingerprint density at radius 2 is 1.03 bits per heavy atom. The fourth-order valence-electron chi connectivity index (χ4n) is 5.10. The molecule has 2 unspecified atom stereocenters. The molecule has 0 aromatic rings. The normalized spacial score (nSPS) is 14.4. The van der Waals surface area contributed by atoms with Crippen LogP contribution in [-0.4, -0.2) is 34.0 Å². The van der Waals surface area contributed by atoms with Gasteiger partial charge in [-0.15, -0.1) is 0 Å². The van der Waals surface area contributed by atoms with Crippen molar-refractivity contribution in [3.63, 3.8) is 0 Å². The van der Waals surface area contributed by atoms with E-state index in [4.69, 9.17) is 0 Å². The Labute approximate surface area is 218 Å². The average Bonchev–Trinajstić information content (AvgIpc) is 2.85.